The third-order valence-electron chi connectivity index (χ3n) is 6.03. The Hall–Kier alpha value is -1.47. The molecule has 0 bridgehead atoms. The first-order chi connectivity index (χ1) is 13.5. The fourth-order valence-corrected chi connectivity index (χ4v) is 4.90. The number of rotatable bonds is 5. The van der Waals surface area contributed by atoms with Gasteiger partial charge >= 0.3 is 0 Å². The number of aromatic nitrogens is 2. The molecule has 1 N–H and O–H groups in total. The van der Waals surface area contributed by atoms with Crippen molar-refractivity contribution in [1.82, 2.24) is 14.5 Å². The van der Waals surface area contributed by atoms with Crippen LogP contribution in [0.25, 0.3) is 10.9 Å². The summed E-state index contributed by atoms with van der Waals surface area (Å²) in [6.45, 7) is 7.36. The second-order valence-electron chi connectivity index (χ2n) is 8.11. The van der Waals surface area contributed by atoms with Gasteiger partial charge in [0, 0.05) is 30.1 Å². The Balaban J connectivity index is 1.69. The Morgan fingerprint density at radius 2 is 2.14 bits per heavy atom. The standard InChI is InChI=1S/C21H28ClN3O3/c1-13(2)28-9-8-24-6-3-4-15-19(24)5-7-25-20(15)23-18-10-14(12-26)17(22)11-16(18)21(25)27/h10-11,13,15,19,26H,3-9,12H2,1-2H3/t15-,19+/m0/s1. The molecular formula is C21H28ClN3O3. The number of halogens is 1. The predicted octanol–water partition coefficient (Wildman–Crippen LogP) is 2.92. The highest BCUT2D eigenvalue weighted by Crippen LogP contribution is 2.37. The van der Waals surface area contributed by atoms with Gasteiger partial charge in [0.1, 0.15) is 5.82 Å². The molecule has 7 heteroatoms. The van der Waals surface area contributed by atoms with Crippen molar-refractivity contribution in [1.29, 1.82) is 0 Å². The average Bonchev–Trinajstić information content (AvgIpc) is 2.68. The Morgan fingerprint density at radius 1 is 1.32 bits per heavy atom. The van der Waals surface area contributed by atoms with Crippen LogP contribution in [0.3, 0.4) is 0 Å². The molecule has 0 amide bonds. The van der Waals surface area contributed by atoms with Gasteiger partial charge < -0.3 is 9.84 Å². The highest BCUT2D eigenvalue weighted by atomic mass is 35.5. The molecule has 152 valence electrons. The van der Waals surface area contributed by atoms with Gasteiger partial charge in [0.05, 0.1) is 30.2 Å². The molecule has 6 nitrogen and oxygen atoms in total. The number of nitrogens with zero attached hydrogens (tertiary/aromatic N) is 3. The number of piperidine rings is 1. The van der Waals surface area contributed by atoms with Crippen LogP contribution < -0.4 is 5.56 Å². The molecule has 2 atom stereocenters. The van der Waals surface area contributed by atoms with Crippen LogP contribution in [-0.2, 0) is 17.9 Å². The smallest absolute Gasteiger partial charge is 0.261 e. The number of hydrogen-bond acceptors (Lipinski definition) is 5. The van der Waals surface area contributed by atoms with E-state index in [1.165, 1.54) is 0 Å². The summed E-state index contributed by atoms with van der Waals surface area (Å²) in [4.78, 5) is 20.5. The van der Waals surface area contributed by atoms with E-state index < -0.39 is 0 Å². The molecule has 1 aromatic carbocycles. The van der Waals surface area contributed by atoms with E-state index >= 15 is 0 Å². The van der Waals surface area contributed by atoms with Crippen molar-refractivity contribution in [2.75, 3.05) is 19.7 Å². The average molecular weight is 406 g/mol. The van der Waals surface area contributed by atoms with Gasteiger partial charge in [-0.05, 0) is 57.4 Å². The van der Waals surface area contributed by atoms with Crippen molar-refractivity contribution in [3.8, 4) is 0 Å². The number of aliphatic hydroxyl groups excluding tert-OH is 1. The molecule has 1 saturated heterocycles. The van der Waals surface area contributed by atoms with Crippen LogP contribution in [0.1, 0.15) is 50.4 Å². The molecule has 1 aromatic heterocycles. The monoisotopic (exact) mass is 405 g/mol. The van der Waals surface area contributed by atoms with Crippen LogP contribution >= 0.6 is 11.6 Å². The van der Waals surface area contributed by atoms with E-state index in [0.717, 1.165) is 44.8 Å². The van der Waals surface area contributed by atoms with Crippen molar-refractivity contribution in [3.63, 3.8) is 0 Å². The van der Waals surface area contributed by atoms with Crippen LogP contribution in [-0.4, -0.2) is 51.4 Å². The Morgan fingerprint density at radius 3 is 2.89 bits per heavy atom. The topological polar surface area (TPSA) is 67.6 Å². The molecule has 3 heterocycles. The van der Waals surface area contributed by atoms with E-state index in [1.54, 1.807) is 12.1 Å². The number of fused-ring (bicyclic) bond motifs is 4. The molecule has 0 aliphatic carbocycles. The molecule has 2 aliphatic heterocycles. The summed E-state index contributed by atoms with van der Waals surface area (Å²) < 4.78 is 7.60. The molecule has 2 aromatic rings. The molecule has 0 unspecified atom stereocenters. The number of likely N-dealkylation sites (tertiary alicyclic amines) is 1. The zero-order valence-corrected chi connectivity index (χ0v) is 17.3. The lowest BCUT2D eigenvalue weighted by molar-refractivity contribution is 0.0269. The van der Waals surface area contributed by atoms with Crippen LogP contribution in [0, 0.1) is 0 Å². The minimum absolute atomic E-state index is 0.0231. The second-order valence-corrected chi connectivity index (χ2v) is 8.51. The lowest BCUT2D eigenvalue weighted by atomic mass is 9.83. The van der Waals surface area contributed by atoms with E-state index in [0.29, 0.717) is 34.1 Å². The molecule has 4 rings (SSSR count). The molecule has 0 saturated carbocycles. The summed E-state index contributed by atoms with van der Waals surface area (Å²) in [6, 6.07) is 3.80. The van der Waals surface area contributed by atoms with Crippen molar-refractivity contribution < 1.29 is 9.84 Å². The highest BCUT2D eigenvalue weighted by Gasteiger charge is 2.38. The van der Waals surface area contributed by atoms with Crippen LogP contribution in [0.4, 0.5) is 0 Å². The van der Waals surface area contributed by atoms with Gasteiger partial charge in [-0.15, -0.1) is 0 Å². The first kappa shape index (κ1) is 19.8. The van der Waals surface area contributed by atoms with E-state index in [9.17, 15) is 9.90 Å². The molecule has 2 aliphatic rings. The normalized spacial score (nSPS) is 22.5. The predicted molar refractivity (Wildman–Crippen MR) is 110 cm³/mol. The lowest BCUT2D eigenvalue weighted by Crippen LogP contribution is -2.50. The summed E-state index contributed by atoms with van der Waals surface area (Å²) in [5, 5.41) is 10.5. The van der Waals surface area contributed by atoms with Crippen molar-refractivity contribution in [3.05, 3.63) is 38.9 Å². The van der Waals surface area contributed by atoms with Gasteiger partial charge in [-0.25, -0.2) is 4.98 Å². The van der Waals surface area contributed by atoms with Crippen LogP contribution in [0.5, 0.6) is 0 Å². The maximum atomic E-state index is 13.1. The van der Waals surface area contributed by atoms with Gasteiger partial charge in [-0.3, -0.25) is 14.3 Å². The Kier molecular flexibility index (Phi) is 5.74. The summed E-state index contributed by atoms with van der Waals surface area (Å²) in [6.07, 6.45) is 3.34. The zero-order valence-electron chi connectivity index (χ0n) is 16.5. The second kappa shape index (κ2) is 8.11. The summed E-state index contributed by atoms with van der Waals surface area (Å²) >= 11 is 6.20. The molecule has 0 spiro atoms. The lowest BCUT2D eigenvalue weighted by Gasteiger charge is -2.44. The quantitative estimate of drug-likeness (QED) is 0.828. The zero-order chi connectivity index (χ0) is 19.8. The summed E-state index contributed by atoms with van der Waals surface area (Å²) in [5.74, 6) is 1.14. The minimum Gasteiger partial charge on any atom is -0.392 e. The Bertz CT molecular complexity index is 927. The first-order valence-electron chi connectivity index (χ1n) is 10.2. The fraction of sp³-hybridized carbons (Fsp3) is 0.619. The van der Waals surface area contributed by atoms with Crippen LogP contribution in [0.15, 0.2) is 16.9 Å². The van der Waals surface area contributed by atoms with E-state index in [2.05, 4.69) is 18.7 Å². The number of benzene rings is 1. The fourth-order valence-electron chi connectivity index (χ4n) is 4.68. The first-order valence-corrected chi connectivity index (χ1v) is 10.6. The van der Waals surface area contributed by atoms with Crippen molar-refractivity contribution >= 4 is 22.5 Å². The largest absolute Gasteiger partial charge is 0.392 e. The number of ether oxygens (including phenoxy) is 1. The van der Waals surface area contributed by atoms with Crippen molar-refractivity contribution in [2.24, 2.45) is 0 Å². The Labute approximate surface area is 170 Å². The van der Waals surface area contributed by atoms with Gasteiger partial charge in [-0.2, -0.15) is 0 Å². The number of hydrogen-bond donors (Lipinski definition) is 1. The van der Waals surface area contributed by atoms with E-state index in [4.69, 9.17) is 21.3 Å². The number of aliphatic hydroxyl groups is 1. The van der Waals surface area contributed by atoms with Gasteiger partial charge in [0.25, 0.3) is 5.56 Å². The van der Waals surface area contributed by atoms with Gasteiger partial charge in [0.2, 0.25) is 0 Å². The van der Waals surface area contributed by atoms with Crippen LogP contribution in [0.2, 0.25) is 5.02 Å². The summed E-state index contributed by atoms with van der Waals surface area (Å²) in [5.41, 5.74) is 1.21. The van der Waals surface area contributed by atoms with Gasteiger partial charge in [0.15, 0.2) is 0 Å². The maximum absolute atomic E-state index is 13.1. The summed E-state index contributed by atoms with van der Waals surface area (Å²) in [7, 11) is 0. The molecular weight excluding hydrogens is 378 g/mol. The SMILES string of the molecule is CC(C)OCCN1CCC[C@@H]2c3nc4cc(CO)c(Cl)cc4c(=O)n3CC[C@H]21. The van der Waals surface area contributed by atoms with Gasteiger partial charge in [-0.1, -0.05) is 11.6 Å². The van der Waals surface area contributed by atoms with E-state index in [-0.39, 0.29) is 24.2 Å². The molecule has 1 fully saturated rings. The minimum atomic E-state index is -0.162. The molecule has 28 heavy (non-hydrogen) atoms. The van der Waals surface area contributed by atoms with E-state index in [1.807, 2.05) is 4.57 Å². The molecule has 0 radical (unpaired) electrons. The highest BCUT2D eigenvalue weighted by molar-refractivity contribution is 6.32. The van der Waals surface area contributed by atoms with Crippen molar-refractivity contribution in [2.45, 2.75) is 64.3 Å². The third-order valence-corrected chi connectivity index (χ3v) is 6.38. The maximum Gasteiger partial charge on any atom is 0.261 e. The third kappa shape index (κ3) is 3.59.